The molecule has 0 amide bonds. The summed E-state index contributed by atoms with van der Waals surface area (Å²) in [6, 6.07) is 12.4. The summed E-state index contributed by atoms with van der Waals surface area (Å²) in [5.41, 5.74) is 0.346. The SMILES string of the molecule is CCOC(=O)c1cc(OC(=O)c2ccccc2)ccc1O. The van der Waals surface area contributed by atoms with Gasteiger partial charge in [0, 0.05) is 0 Å². The molecular formula is C16H14O5. The number of hydrogen-bond donors (Lipinski definition) is 1. The number of carbonyl (C=O) groups excluding carboxylic acids is 2. The first-order chi connectivity index (χ1) is 10.1. The predicted molar refractivity (Wildman–Crippen MR) is 75.5 cm³/mol. The molecule has 5 heteroatoms. The summed E-state index contributed by atoms with van der Waals surface area (Å²) in [6.45, 7) is 1.85. The molecule has 21 heavy (non-hydrogen) atoms. The van der Waals surface area contributed by atoms with Crippen molar-refractivity contribution in [2.24, 2.45) is 0 Å². The minimum Gasteiger partial charge on any atom is -0.507 e. The van der Waals surface area contributed by atoms with E-state index in [0.717, 1.165) is 0 Å². The Balaban J connectivity index is 2.20. The van der Waals surface area contributed by atoms with Crippen LogP contribution in [0.5, 0.6) is 11.5 Å². The van der Waals surface area contributed by atoms with Gasteiger partial charge in [-0.1, -0.05) is 18.2 Å². The zero-order chi connectivity index (χ0) is 15.2. The zero-order valence-corrected chi connectivity index (χ0v) is 11.4. The Kier molecular flexibility index (Phi) is 4.56. The van der Waals surface area contributed by atoms with Gasteiger partial charge in [0.2, 0.25) is 0 Å². The second kappa shape index (κ2) is 6.56. The molecule has 2 aromatic rings. The maximum absolute atomic E-state index is 11.9. The average molecular weight is 286 g/mol. The molecule has 0 saturated carbocycles. The smallest absolute Gasteiger partial charge is 0.343 e. The quantitative estimate of drug-likeness (QED) is 0.691. The lowest BCUT2D eigenvalue weighted by Gasteiger charge is -2.08. The first-order valence-corrected chi connectivity index (χ1v) is 6.39. The predicted octanol–water partition coefficient (Wildman–Crippen LogP) is 2.79. The van der Waals surface area contributed by atoms with Crippen molar-refractivity contribution in [3.63, 3.8) is 0 Å². The van der Waals surface area contributed by atoms with Gasteiger partial charge in [-0.25, -0.2) is 9.59 Å². The number of rotatable bonds is 4. The molecule has 0 fully saturated rings. The number of aromatic hydroxyl groups is 1. The molecule has 0 aliphatic carbocycles. The van der Waals surface area contributed by atoms with E-state index < -0.39 is 11.9 Å². The standard InChI is InChI=1S/C16H14O5/c1-2-20-16(19)13-10-12(8-9-14(13)17)21-15(18)11-6-4-3-5-7-11/h3-10,17H,2H2,1H3. The number of hydrogen-bond acceptors (Lipinski definition) is 5. The van der Waals surface area contributed by atoms with Crippen molar-refractivity contribution in [2.75, 3.05) is 6.61 Å². The van der Waals surface area contributed by atoms with Crippen molar-refractivity contribution < 1.29 is 24.2 Å². The maximum atomic E-state index is 11.9. The zero-order valence-electron chi connectivity index (χ0n) is 11.4. The van der Waals surface area contributed by atoms with E-state index in [4.69, 9.17) is 9.47 Å². The van der Waals surface area contributed by atoms with E-state index in [-0.39, 0.29) is 23.7 Å². The highest BCUT2D eigenvalue weighted by Gasteiger charge is 2.15. The van der Waals surface area contributed by atoms with Gasteiger partial charge in [0.25, 0.3) is 0 Å². The van der Waals surface area contributed by atoms with Crippen LogP contribution in [0.25, 0.3) is 0 Å². The van der Waals surface area contributed by atoms with Gasteiger partial charge >= 0.3 is 11.9 Å². The molecule has 0 aliphatic rings. The van der Waals surface area contributed by atoms with Crippen molar-refractivity contribution in [1.82, 2.24) is 0 Å². The van der Waals surface area contributed by atoms with Crippen LogP contribution in [0.3, 0.4) is 0 Å². The molecule has 0 atom stereocenters. The Morgan fingerprint density at radius 1 is 1.05 bits per heavy atom. The molecule has 0 saturated heterocycles. The first kappa shape index (κ1) is 14.6. The van der Waals surface area contributed by atoms with E-state index in [1.54, 1.807) is 37.3 Å². The molecular weight excluding hydrogens is 272 g/mol. The number of phenols is 1. The highest BCUT2D eigenvalue weighted by molar-refractivity contribution is 5.94. The second-order valence-corrected chi connectivity index (χ2v) is 4.15. The largest absolute Gasteiger partial charge is 0.507 e. The fourth-order valence-electron chi connectivity index (χ4n) is 1.69. The summed E-state index contributed by atoms with van der Waals surface area (Å²) in [4.78, 5) is 23.6. The Morgan fingerprint density at radius 3 is 2.43 bits per heavy atom. The summed E-state index contributed by atoms with van der Waals surface area (Å²) in [6.07, 6.45) is 0. The van der Waals surface area contributed by atoms with Gasteiger partial charge in [-0.05, 0) is 37.3 Å². The van der Waals surface area contributed by atoms with Gasteiger partial charge in [-0.2, -0.15) is 0 Å². The number of carbonyl (C=O) groups is 2. The van der Waals surface area contributed by atoms with E-state index in [0.29, 0.717) is 5.56 Å². The van der Waals surface area contributed by atoms with E-state index in [9.17, 15) is 14.7 Å². The number of esters is 2. The highest BCUT2D eigenvalue weighted by Crippen LogP contribution is 2.24. The highest BCUT2D eigenvalue weighted by atomic mass is 16.5. The lowest BCUT2D eigenvalue weighted by molar-refractivity contribution is 0.0520. The number of benzene rings is 2. The lowest BCUT2D eigenvalue weighted by Crippen LogP contribution is -2.10. The van der Waals surface area contributed by atoms with Crippen LogP contribution in [0.1, 0.15) is 27.6 Å². The number of ether oxygens (including phenoxy) is 2. The molecule has 0 aliphatic heterocycles. The summed E-state index contributed by atoms with van der Waals surface area (Å²) in [7, 11) is 0. The third kappa shape index (κ3) is 3.60. The van der Waals surface area contributed by atoms with Crippen molar-refractivity contribution in [3.05, 3.63) is 59.7 Å². The molecule has 2 rings (SSSR count). The van der Waals surface area contributed by atoms with Crippen molar-refractivity contribution in [2.45, 2.75) is 6.92 Å². The van der Waals surface area contributed by atoms with E-state index in [1.165, 1.54) is 18.2 Å². The minimum absolute atomic E-state index is 0.0461. The van der Waals surface area contributed by atoms with Crippen LogP contribution in [0, 0.1) is 0 Å². The van der Waals surface area contributed by atoms with Gasteiger partial charge < -0.3 is 14.6 Å². The second-order valence-electron chi connectivity index (χ2n) is 4.15. The molecule has 0 spiro atoms. The average Bonchev–Trinajstić information content (AvgIpc) is 2.50. The van der Waals surface area contributed by atoms with Gasteiger partial charge in [-0.3, -0.25) is 0 Å². The monoisotopic (exact) mass is 286 g/mol. The fourth-order valence-corrected chi connectivity index (χ4v) is 1.69. The van der Waals surface area contributed by atoms with Crippen LogP contribution in [0.4, 0.5) is 0 Å². The van der Waals surface area contributed by atoms with E-state index >= 15 is 0 Å². The summed E-state index contributed by atoms with van der Waals surface area (Å²) in [5.74, 6) is -1.29. The molecule has 108 valence electrons. The third-order valence-corrected chi connectivity index (χ3v) is 2.68. The van der Waals surface area contributed by atoms with E-state index in [1.807, 2.05) is 0 Å². The van der Waals surface area contributed by atoms with Crippen LogP contribution in [0.15, 0.2) is 48.5 Å². The van der Waals surface area contributed by atoms with Crippen LogP contribution >= 0.6 is 0 Å². The van der Waals surface area contributed by atoms with Crippen LogP contribution in [-0.2, 0) is 4.74 Å². The molecule has 0 bridgehead atoms. The van der Waals surface area contributed by atoms with Crippen molar-refractivity contribution >= 4 is 11.9 Å². The summed E-state index contributed by atoms with van der Waals surface area (Å²) in [5, 5.41) is 9.64. The van der Waals surface area contributed by atoms with Crippen LogP contribution in [0.2, 0.25) is 0 Å². The topological polar surface area (TPSA) is 72.8 Å². The van der Waals surface area contributed by atoms with Gasteiger partial charge in [0.05, 0.1) is 12.2 Å². The summed E-state index contributed by atoms with van der Waals surface area (Å²) >= 11 is 0. The Bertz CT molecular complexity index is 649. The molecule has 0 heterocycles. The third-order valence-electron chi connectivity index (χ3n) is 2.68. The molecule has 1 N–H and O–H groups in total. The molecule has 0 unspecified atom stereocenters. The fraction of sp³-hybridized carbons (Fsp3) is 0.125. The Labute approximate surface area is 121 Å². The van der Waals surface area contributed by atoms with E-state index in [2.05, 4.69) is 0 Å². The maximum Gasteiger partial charge on any atom is 0.343 e. The molecule has 0 aromatic heterocycles. The van der Waals surface area contributed by atoms with Gasteiger partial charge in [-0.15, -0.1) is 0 Å². The van der Waals surface area contributed by atoms with Crippen molar-refractivity contribution in [3.8, 4) is 11.5 Å². The lowest BCUT2D eigenvalue weighted by atomic mass is 10.2. The first-order valence-electron chi connectivity index (χ1n) is 6.39. The number of phenolic OH excluding ortho intramolecular Hbond substituents is 1. The van der Waals surface area contributed by atoms with Gasteiger partial charge in [0.15, 0.2) is 0 Å². The molecule has 2 aromatic carbocycles. The van der Waals surface area contributed by atoms with Crippen molar-refractivity contribution in [1.29, 1.82) is 0 Å². The normalized spacial score (nSPS) is 9.95. The Hall–Kier alpha value is -2.82. The Morgan fingerprint density at radius 2 is 1.76 bits per heavy atom. The van der Waals surface area contributed by atoms with Crippen LogP contribution in [-0.4, -0.2) is 23.7 Å². The minimum atomic E-state index is -0.674. The summed E-state index contributed by atoms with van der Waals surface area (Å²) < 4.78 is 9.98. The van der Waals surface area contributed by atoms with Crippen LogP contribution < -0.4 is 4.74 Å². The molecule has 0 radical (unpaired) electrons. The molecule has 5 nitrogen and oxygen atoms in total. The van der Waals surface area contributed by atoms with Gasteiger partial charge in [0.1, 0.15) is 17.1 Å².